The van der Waals surface area contributed by atoms with Crippen molar-refractivity contribution in [2.75, 3.05) is 29.1 Å². The number of rotatable bonds is 6. The summed E-state index contributed by atoms with van der Waals surface area (Å²) in [5.74, 6) is 0.673. The van der Waals surface area contributed by atoms with Crippen molar-refractivity contribution in [3.05, 3.63) is 58.1 Å². The van der Waals surface area contributed by atoms with Gasteiger partial charge in [0, 0.05) is 23.8 Å². The molecule has 31 heavy (non-hydrogen) atoms. The number of nitrogens with zero attached hydrogens (tertiary/aromatic N) is 5. The Labute approximate surface area is 194 Å². The van der Waals surface area contributed by atoms with Crippen LogP contribution in [0, 0.1) is 11.3 Å². The number of halogens is 2. The van der Waals surface area contributed by atoms with Crippen LogP contribution in [0.4, 0.5) is 11.6 Å². The molecular weight excluding hydrogens is 455 g/mol. The first-order chi connectivity index (χ1) is 15.0. The van der Waals surface area contributed by atoms with Gasteiger partial charge in [0.2, 0.25) is 11.9 Å². The fourth-order valence-electron chi connectivity index (χ4n) is 3.33. The van der Waals surface area contributed by atoms with Gasteiger partial charge >= 0.3 is 0 Å². The number of carbonyl (C=O) groups excluding carboxylic acids is 1. The number of anilines is 2. The first-order valence-electron chi connectivity index (χ1n) is 9.64. The molecule has 4 rings (SSSR count). The Morgan fingerprint density at radius 3 is 2.68 bits per heavy atom. The molecular formula is C21H18Cl2N6OS. The van der Waals surface area contributed by atoms with Gasteiger partial charge in [-0.15, -0.1) is 10.2 Å². The number of benzene rings is 2. The fourth-order valence-corrected chi connectivity index (χ4v) is 4.48. The predicted molar refractivity (Wildman–Crippen MR) is 123 cm³/mol. The van der Waals surface area contributed by atoms with E-state index in [2.05, 4.69) is 20.4 Å². The molecule has 1 N–H and O–H groups in total. The van der Waals surface area contributed by atoms with Gasteiger partial charge in [-0.05, 0) is 49.2 Å². The van der Waals surface area contributed by atoms with Crippen LogP contribution in [-0.2, 0) is 4.79 Å². The lowest BCUT2D eigenvalue weighted by Crippen LogP contribution is -2.22. The molecule has 0 saturated carbocycles. The summed E-state index contributed by atoms with van der Waals surface area (Å²) in [6.07, 6.45) is 2.22. The first kappa shape index (κ1) is 21.5. The molecule has 1 fully saturated rings. The lowest BCUT2D eigenvalue weighted by atomic mass is 10.2. The molecule has 1 aliphatic rings. The van der Waals surface area contributed by atoms with Crippen LogP contribution in [0.1, 0.15) is 18.4 Å². The van der Waals surface area contributed by atoms with Gasteiger partial charge in [0.15, 0.2) is 5.16 Å². The number of hydrogen-bond acceptors (Lipinski definition) is 6. The topological polar surface area (TPSA) is 86.8 Å². The number of nitrogens with one attached hydrogen (secondary N) is 1. The molecule has 1 aliphatic heterocycles. The molecule has 10 heteroatoms. The fraction of sp³-hybridized carbons (Fsp3) is 0.238. The van der Waals surface area contributed by atoms with Crippen LogP contribution in [0.3, 0.4) is 0 Å². The third-order valence-corrected chi connectivity index (χ3v) is 6.25. The summed E-state index contributed by atoms with van der Waals surface area (Å²) in [4.78, 5) is 14.7. The van der Waals surface area contributed by atoms with Gasteiger partial charge < -0.3 is 10.2 Å². The van der Waals surface area contributed by atoms with Gasteiger partial charge in [-0.2, -0.15) is 5.26 Å². The van der Waals surface area contributed by atoms with E-state index in [-0.39, 0.29) is 11.7 Å². The Kier molecular flexibility index (Phi) is 6.66. The van der Waals surface area contributed by atoms with E-state index in [0.29, 0.717) is 26.5 Å². The normalized spacial score (nSPS) is 13.3. The van der Waals surface area contributed by atoms with E-state index in [1.807, 2.05) is 34.9 Å². The second kappa shape index (κ2) is 9.60. The second-order valence-electron chi connectivity index (χ2n) is 6.94. The second-order valence-corrected chi connectivity index (χ2v) is 8.72. The number of hydrogen-bond donors (Lipinski definition) is 1. The molecule has 3 aromatic rings. The minimum atomic E-state index is -0.214. The van der Waals surface area contributed by atoms with Crippen LogP contribution in [0.5, 0.6) is 0 Å². The van der Waals surface area contributed by atoms with Crippen molar-refractivity contribution in [2.24, 2.45) is 0 Å². The van der Waals surface area contributed by atoms with Crippen molar-refractivity contribution in [1.29, 1.82) is 5.26 Å². The van der Waals surface area contributed by atoms with Gasteiger partial charge in [0.25, 0.3) is 0 Å². The first-order valence-corrected chi connectivity index (χ1v) is 11.4. The van der Waals surface area contributed by atoms with Crippen LogP contribution in [0.25, 0.3) is 5.69 Å². The van der Waals surface area contributed by atoms with Crippen LogP contribution in [-0.4, -0.2) is 39.5 Å². The number of aromatic nitrogens is 3. The highest BCUT2D eigenvalue weighted by atomic mass is 35.5. The quantitative estimate of drug-likeness (QED) is 0.519. The van der Waals surface area contributed by atoms with Crippen LogP contribution < -0.4 is 10.2 Å². The molecule has 2 heterocycles. The molecule has 1 saturated heterocycles. The monoisotopic (exact) mass is 472 g/mol. The molecule has 0 atom stereocenters. The highest BCUT2D eigenvalue weighted by molar-refractivity contribution is 7.99. The molecule has 0 bridgehead atoms. The van der Waals surface area contributed by atoms with E-state index in [0.717, 1.165) is 37.6 Å². The average Bonchev–Trinajstić information content (AvgIpc) is 3.42. The zero-order chi connectivity index (χ0) is 21.8. The third-order valence-electron chi connectivity index (χ3n) is 4.78. The molecule has 158 valence electrons. The smallest absolute Gasteiger partial charge is 0.234 e. The summed E-state index contributed by atoms with van der Waals surface area (Å²) < 4.78 is 1.94. The van der Waals surface area contributed by atoms with Crippen molar-refractivity contribution in [1.82, 2.24) is 14.8 Å². The summed E-state index contributed by atoms with van der Waals surface area (Å²) >= 11 is 13.5. The molecule has 0 aliphatic carbocycles. The van der Waals surface area contributed by atoms with Gasteiger partial charge in [-0.25, -0.2) is 0 Å². The van der Waals surface area contributed by atoms with E-state index < -0.39 is 0 Å². The Bertz CT molecular complexity index is 1150. The summed E-state index contributed by atoms with van der Waals surface area (Å²) in [6.45, 7) is 1.84. The lowest BCUT2D eigenvalue weighted by molar-refractivity contribution is -0.113. The van der Waals surface area contributed by atoms with Crippen molar-refractivity contribution in [3.8, 4) is 11.8 Å². The van der Waals surface area contributed by atoms with E-state index in [9.17, 15) is 4.79 Å². The molecule has 0 radical (unpaired) electrons. The maximum Gasteiger partial charge on any atom is 0.234 e. The number of carbonyl (C=O) groups is 1. The van der Waals surface area contributed by atoms with E-state index in [1.165, 1.54) is 11.8 Å². The van der Waals surface area contributed by atoms with Gasteiger partial charge in [-0.1, -0.05) is 41.0 Å². The Balaban J connectivity index is 1.52. The molecule has 1 amide bonds. The lowest BCUT2D eigenvalue weighted by Gasteiger charge is -2.18. The predicted octanol–water partition coefficient (Wildman–Crippen LogP) is 4.78. The highest BCUT2D eigenvalue weighted by Gasteiger charge is 2.23. The number of amides is 1. The van der Waals surface area contributed by atoms with Gasteiger partial charge in [0.1, 0.15) is 6.07 Å². The Morgan fingerprint density at radius 2 is 1.97 bits per heavy atom. The highest BCUT2D eigenvalue weighted by Crippen LogP contribution is 2.30. The van der Waals surface area contributed by atoms with Crippen molar-refractivity contribution < 1.29 is 4.79 Å². The number of nitriles is 1. The third kappa shape index (κ3) is 4.96. The van der Waals surface area contributed by atoms with Crippen molar-refractivity contribution in [2.45, 2.75) is 18.0 Å². The van der Waals surface area contributed by atoms with Crippen LogP contribution in [0.15, 0.2) is 47.6 Å². The van der Waals surface area contributed by atoms with Crippen molar-refractivity contribution >= 4 is 52.5 Å². The zero-order valence-corrected chi connectivity index (χ0v) is 18.7. The molecule has 7 nitrogen and oxygen atoms in total. The number of thioether (sulfide) groups is 1. The van der Waals surface area contributed by atoms with Crippen LogP contribution in [0.2, 0.25) is 10.0 Å². The maximum atomic E-state index is 12.5. The summed E-state index contributed by atoms with van der Waals surface area (Å²) in [5, 5.41) is 22.0. The molecule has 1 aromatic heterocycles. The molecule has 0 unspecified atom stereocenters. The van der Waals surface area contributed by atoms with E-state index in [4.69, 9.17) is 28.5 Å². The van der Waals surface area contributed by atoms with Gasteiger partial charge in [0.05, 0.1) is 22.0 Å². The largest absolute Gasteiger partial charge is 0.341 e. The SMILES string of the molecule is N#Cc1ccc(NC(=O)CSc2nnc(N3CCCC3)n2-c2cccc(Cl)c2)cc1Cl. The van der Waals surface area contributed by atoms with Gasteiger partial charge in [-0.3, -0.25) is 9.36 Å². The van der Waals surface area contributed by atoms with E-state index in [1.54, 1.807) is 18.2 Å². The summed E-state index contributed by atoms with van der Waals surface area (Å²) in [6, 6.07) is 14.3. The Hall–Kier alpha value is -2.73. The van der Waals surface area contributed by atoms with Crippen LogP contribution >= 0.6 is 35.0 Å². The zero-order valence-electron chi connectivity index (χ0n) is 16.4. The average molecular weight is 473 g/mol. The Morgan fingerprint density at radius 1 is 1.16 bits per heavy atom. The minimum absolute atomic E-state index is 0.135. The summed E-state index contributed by atoms with van der Waals surface area (Å²) in [5.41, 5.74) is 1.74. The standard InChI is InChI=1S/C21H18Cl2N6OS/c22-15-4-3-5-17(10-15)29-20(28-8-1-2-9-28)26-27-21(29)31-13-19(30)25-16-7-6-14(12-24)18(23)11-16/h3-7,10-11H,1-2,8-9,13H2,(H,25,30). The van der Waals surface area contributed by atoms with Crippen molar-refractivity contribution in [3.63, 3.8) is 0 Å². The van der Waals surface area contributed by atoms with E-state index >= 15 is 0 Å². The summed E-state index contributed by atoms with van der Waals surface area (Å²) in [7, 11) is 0. The molecule has 2 aromatic carbocycles. The minimum Gasteiger partial charge on any atom is -0.341 e. The maximum absolute atomic E-state index is 12.5. The molecule has 0 spiro atoms.